The van der Waals surface area contributed by atoms with E-state index < -0.39 is 11.9 Å². The number of aryl methyl sites for hydroxylation is 1. The number of methoxy groups -OCH3 is 3. The van der Waals surface area contributed by atoms with Crippen LogP contribution in [-0.2, 0) is 0 Å². The van der Waals surface area contributed by atoms with Gasteiger partial charge in [0.1, 0.15) is 5.75 Å². The normalized spacial score (nSPS) is 10.6. The summed E-state index contributed by atoms with van der Waals surface area (Å²) < 4.78 is 21.5. The van der Waals surface area contributed by atoms with Crippen LogP contribution in [0.5, 0.6) is 23.0 Å². The van der Waals surface area contributed by atoms with Crippen molar-refractivity contribution < 1.29 is 33.3 Å². The van der Waals surface area contributed by atoms with Crippen molar-refractivity contribution in [2.24, 2.45) is 5.10 Å². The van der Waals surface area contributed by atoms with E-state index in [0.717, 1.165) is 5.56 Å². The molecule has 0 aromatic heterocycles. The molecule has 4 rings (SSSR count). The number of hydrazone groups is 1. The molecule has 2 N–H and O–H groups in total. The average molecular weight is 568 g/mol. The van der Waals surface area contributed by atoms with E-state index >= 15 is 0 Å². The van der Waals surface area contributed by atoms with Crippen molar-refractivity contribution in [3.63, 3.8) is 0 Å². The summed E-state index contributed by atoms with van der Waals surface area (Å²) in [5.41, 5.74) is 5.56. The molecule has 4 aromatic carbocycles. The Morgan fingerprint density at radius 3 is 1.90 bits per heavy atom. The van der Waals surface area contributed by atoms with E-state index in [4.69, 9.17) is 18.9 Å². The zero-order chi connectivity index (χ0) is 30.1. The molecule has 214 valence electrons. The van der Waals surface area contributed by atoms with Crippen molar-refractivity contribution in [2.45, 2.75) is 6.92 Å². The first-order valence-electron chi connectivity index (χ1n) is 12.8. The zero-order valence-electron chi connectivity index (χ0n) is 23.5. The lowest BCUT2D eigenvalue weighted by molar-refractivity contribution is 0.0733. The summed E-state index contributed by atoms with van der Waals surface area (Å²) >= 11 is 0. The van der Waals surface area contributed by atoms with Gasteiger partial charge in [0, 0.05) is 22.4 Å². The van der Waals surface area contributed by atoms with E-state index in [2.05, 4.69) is 15.8 Å². The molecule has 0 unspecified atom stereocenters. The Kier molecular flexibility index (Phi) is 9.52. The summed E-state index contributed by atoms with van der Waals surface area (Å²) in [5.74, 6) is -0.180. The van der Waals surface area contributed by atoms with Gasteiger partial charge in [0.25, 0.3) is 11.8 Å². The first kappa shape index (κ1) is 29.3. The van der Waals surface area contributed by atoms with Gasteiger partial charge in [-0.1, -0.05) is 29.8 Å². The Balaban J connectivity index is 1.39. The number of benzene rings is 4. The maximum atomic E-state index is 12.9. The van der Waals surface area contributed by atoms with E-state index in [1.54, 1.807) is 60.7 Å². The molecule has 2 amide bonds. The molecule has 0 spiro atoms. The predicted molar refractivity (Wildman–Crippen MR) is 158 cm³/mol. The van der Waals surface area contributed by atoms with Crippen LogP contribution in [0, 0.1) is 6.92 Å². The third-order valence-corrected chi connectivity index (χ3v) is 6.11. The third kappa shape index (κ3) is 7.11. The second-order valence-corrected chi connectivity index (χ2v) is 8.94. The highest BCUT2D eigenvalue weighted by atomic mass is 16.5. The number of esters is 1. The minimum Gasteiger partial charge on any atom is -0.493 e. The number of carbonyl (C=O) groups excluding carboxylic acids is 3. The van der Waals surface area contributed by atoms with Crippen LogP contribution in [0.15, 0.2) is 90.0 Å². The number of nitrogens with zero attached hydrogens (tertiary/aromatic N) is 1. The predicted octanol–water partition coefficient (Wildman–Crippen LogP) is 5.26. The van der Waals surface area contributed by atoms with Crippen molar-refractivity contribution >= 4 is 29.7 Å². The Hall–Kier alpha value is -5.64. The van der Waals surface area contributed by atoms with Gasteiger partial charge in [-0.2, -0.15) is 5.10 Å². The largest absolute Gasteiger partial charge is 0.493 e. The lowest BCUT2D eigenvalue weighted by Gasteiger charge is -2.14. The summed E-state index contributed by atoms with van der Waals surface area (Å²) in [6.45, 7) is 1.95. The van der Waals surface area contributed by atoms with Crippen molar-refractivity contribution in [2.75, 3.05) is 26.6 Å². The van der Waals surface area contributed by atoms with Crippen LogP contribution in [0.1, 0.15) is 42.2 Å². The topological polar surface area (TPSA) is 125 Å². The first-order valence-corrected chi connectivity index (χ1v) is 12.8. The van der Waals surface area contributed by atoms with E-state index in [-0.39, 0.29) is 17.2 Å². The minimum absolute atomic E-state index is 0.183. The van der Waals surface area contributed by atoms with Gasteiger partial charge in [0.05, 0.1) is 33.1 Å². The van der Waals surface area contributed by atoms with Crippen LogP contribution in [0.4, 0.5) is 5.69 Å². The van der Waals surface area contributed by atoms with Crippen molar-refractivity contribution in [1.82, 2.24) is 5.43 Å². The van der Waals surface area contributed by atoms with Gasteiger partial charge in [-0.25, -0.2) is 10.2 Å². The second kappa shape index (κ2) is 13.6. The van der Waals surface area contributed by atoms with E-state index in [9.17, 15) is 14.4 Å². The fourth-order valence-electron chi connectivity index (χ4n) is 3.88. The number of anilines is 1. The Morgan fingerprint density at radius 2 is 1.29 bits per heavy atom. The molecule has 4 aromatic rings. The van der Waals surface area contributed by atoms with Crippen LogP contribution in [0.3, 0.4) is 0 Å². The van der Waals surface area contributed by atoms with Gasteiger partial charge in [0.15, 0.2) is 11.5 Å². The highest BCUT2D eigenvalue weighted by Crippen LogP contribution is 2.38. The minimum atomic E-state index is -0.659. The summed E-state index contributed by atoms with van der Waals surface area (Å²) in [6.07, 6.45) is 1.37. The quantitative estimate of drug-likeness (QED) is 0.116. The number of nitrogens with one attached hydrogen (secondary N) is 2. The van der Waals surface area contributed by atoms with Gasteiger partial charge in [0.2, 0.25) is 5.75 Å². The summed E-state index contributed by atoms with van der Waals surface area (Å²) in [7, 11) is 4.37. The maximum Gasteiger partial charge on any atom is 0.343 e. The third-order valence-electron chi connectivity index (χ3n) is 6.11. The Labute approximate surface area is 242 Å². The molecule has 0 radical (unpaired) electrons. The van der Waals surface area contributed by atoms with Crippen LogP contribution in [0.2, 0.25) is 0 Å². The lowest BCUT2D eigenvalue weighted by Crippen LogP contribution is -2.18. The summed E-state index contributed by atoms with van der Waals surface area (Å²) in [6, 6.07) is 23.3. The highest BCUT2D eigenvalue weighted by molar-refractivity contribution is 6.04. The molecular weight excluding hydrogens is 538 g/mol. The number of hydrogen-bond acceptors (Lipinski definition) is 8. The van der Waals surface area contributed by atoms with Crippen molar-refractivity contribution in [3.8, 4) is 23.0 Å². The van der Waals surface area contributed by atoms with Crippen LogP contribution < -0.4 is 29.7 Å². The molecule has 42 heavy (non-hydrogen) atoms. The van der Waals surface area contributed by atoms with Crippen LogP contribution in [-0.4, -0.2) is 45.3 Å². The van der Waals surface area contributed by atoms with Gasteiger partial charge in [-0.15, -0.1) is 0 Å². The second-order valence-electron chi connectivity index (χ2n) is 8.94. The number of amides is 2. The average Bonchev–Trinajstić information content (AvgIpc) is 3.01. The molecule has 0 bridgehead atoms. The molecule has 0 aliphatic heterocycles. The molecule has 10 heteroatoms. The molecule has 10 nitrogen and oxygen atoms in total. The molecule has 0 saturated heterocycles. The molecule has 0 aliphatic rings. The number of hydrogen-bond donors (Lipinski definition) is 2. The molecule has 0 fully saturated rings. The molecule has 0 aliphatic carbocycles. The molecular formula is C32H29N3O7. The standard InChI is InChI=1S/C32H29N3O7/c1-20-9-11-21(12-10-20)30(36)34-25-15-13-22(14-16-25)31(37)35-33-19-23-7-5-6-8-26(23)42-32(38)24-17-27(39-2)29(41-4)28(18-24)40-3/h5-19H,1-4H3,(H,34,36)(H,35,37)/b33-19-. The van der Waals surface area contributed by atoms with E-state index in [1.165, 1.54) is 39.7 Å². The number of rotatable bonds is 10. The van der Waals surface area contributed by atoms with Gasteiger partial charge in [-0.05, 0) is 67.6 Å². The molecule has 0 saturated carbocycles. The van der Waals surface area contributed by atoms with Crippen LogP contribution >= 0.6 is 0 Å². The SMILES string of the molecule is COc1cc(C(=O)Oc2ccccc2/C=N\NC(=O)c2ccc(NC(=O)c3ccc(C)cc3)cc2)cc(OC)c1OC. The first-order chi connectivity index (χ1) is 20.3. The highest BCUT2D eigenvalue weighted by Gasteiger charge is 2.19. The smallest absolute Gasteiger partial charge is 0.343 e. The number of carbonyl (C=O) groups is 3. The van der Waals surface area contributed by atoms with Crippen molar-refractivity contribution in [1.29, 1.82) is 0 Å². The van der Waals surface area contributed by atoms with Crippen LogP contribution in [0.25, 0.3) is 0 Å². The van der Waals surface area contributed by atoms with Crippen molar-refractivity contribution in [3.05, 3.63) is 113 Å². The Morgan fingerprint density at radius 1 is 0.690 bits per heavy atom. The lowest BCUT2D eigenvalue weighted by atomic mass is 10.1. The number of ether oxygens (including phenoxy) is 4. The van der Waals surface area contributed by atoms with E-state index in [0.29, 0.717) is 39.6 Å². The van der Waals surface area contributed by atoms with E-state index in [1.807, 2.05) is 19.1 Å². The number of para-hydroxylation sites is 1. The molecule has 0 atom stereocenters. The summed E-state index contributed by atoms with van der Waals surface area (Å²) in [5, 5.41) is 6.81. The molecule has 0 heterocycles. The van der Waals surface area contributed by atoms with Gasteiger partial charge < -0.3 is 24.3 Å². The van der Waals surface area contributed by atoms with Gasteiger partial charge in [-0.3, -0.25) is 9.59 Å². The maximum absolute atomic E-state index is 12.9. The van der Waals surface area contributed by atoms with Gasteiger partial charge >= 0.3 is 5.97 Å². The summed E-state index contributed by atoms with van der Waals surface area (Å²) in [4.78, 5) is 38.0. The fourth-order valence-corrected chi connectivity index (χ4v) is 3.88. The zero-order valence-corrected chi connectivity index (χ0v) is 23.5. The monoisotopic (exact) mass is 567 g/mol. The Bertz CT molecular complexity index is 1590. The fraction of sp³-hybridized carbons (Fsp3) is 0.125.